The molecule has 0 aliphatic carbocycles. The monoisotopic (exact) mass is 508 g/mol. The number of sulfonamides is 1. The van der Waals surface area contributed by atoms with Crippen molar-refractivity contribution in [2.45, 2.75) is 25.1 Å². The second-order valence-electron chi connectivity index (χ2n) is 6.50. The molecule has 0 aromatic heterocycles. The van der Waals surface area contributed by atoms with Crippen molar-refractivity contribution in [3.05, 3.63) is 63.1 Å². The van der Waals surface area contributed by atoms with E-state index in [2.05, 4.69) is 5.32 Å². The summed E-state index contributed by atoms with van der Waals surface area (Å²) in [7, 11) is -3.67. The summed E-state index contributed by atoms with van der Waals surface area (Å²) in [5.41, 5.74) is 1.25. The van der Waals surface area contributed by atoms with E-state index in [0.29, 0.717) is 45.2 Å². The number of hydrogen-bond donors (Lipinski definition) is 1. The molecule has 1 amide bonds. The van der Waals surface area contributed by atoms with Gasteiger partial charge >= 0.3 is 0 Å². The number of hydrogen-bond acceptors (Lipinski definition) is 4. The lowest BCUT2D eigenvalue weighted by molar-refractivity contribution is -0.122. The number of amides is 1. The van der Waals surface area contributed by atoms with E-state index < -0.39 is 16.1 Å². The van der Waals surface area contributed by atoms with Crippen LogP contribution >= 0.6 is 46.6 Å². The van der Waals surface area contributed by atoms with E-state index in [0.717, 1.165) is 16.1 Å². The van der Waals surface area contributed by atoms with E-state index in [1.807, 2.05) is 0 Å². The average molecular weight is 510 g/mol. The van der Waals surface area contributed by atoms with E-state index >= 15 is 0 Å². The molecule has 0 heterocycles. The van der Waals surface area contributed by atoms with Crippen molar-refractivity contribution in [3.63, 3.8) is 0 Å². The fourth-order valence-corrected chi connectivity index (χ4v) is 5.79. The average Bonchev–Trinajstić information content (AvgIpc) is 2.67. The Bertz CT molecular complexity index is 950. The van der Waals surface area contributed by atoms with Crippen LogP contribution in [-0.4, -0.2) is 38.9 Å². The molecule has 0 saturated heterocycles. The molecular formula is C20H23Cl3N2O3S2. The van der Waals surface area contributed by atoms with Crippen molar-refractivity contribution in [1.29, 1.82) is 0 Å². The lowest BCUT2D eigenvalue weighted by Gasteiger charge is -2.30. The van der Waals surface area contributed by atoms with Gasteiger partial charge in [-0.2, -0.15) is 11.8 Å². The molecule has 0 unspecified atom stereocenters. The Morgan fingerprint density at radius 3 is 2.23 bits per heavy atom. The van der Waals surface area contributed by atoms with Crippen LogP contribution in [0.5, 0.6) is 0 Å². The van der Waals surface area contributed by atoms with Gasteiger partial charge in [0.2, 0.25) is 15.9 Å². The highest BCUT2D eigenvalue weighted by molar-refractivity contribution is 7.98. The molecule has 0 saturated carbocycles. The molecule has 1 atom stereocenters. The van der Waals surface area contributed by atoms with Crippen LogP contribution in [0.2, 0.25) is 15.1 Å². The normalized spacial score (nSPS) is 12.4. The minimum absolute atomic E-state index is 0.323. The number of thioether (sulfide) groups is 1. The third-order valence-electron chi connectivity index (χ3n) is 4.26. The van der Waals surface area contributed by atoms with Crippen LogP contribution in [0.1, 0.15) is 18.9 Å². The van der Waals surface area contributed by atoms with Gasteiger partial charge in [0.1, 0.15) is 6.04 Å². The Labute approximate surface area is 197 Å². The molecule has 2 aromatic rings. The third kappa shape index (κ3) is 6.95. The van der Waals surface area contributed by atoms with Crippen LogP contribution in [-0.2, 0) is 20.6 Å². The molecule has 1 N–H and O–H groups in total. The Balaban J connectivity index is 1.98. The highest BCUT2D eigenvalue weighted by Gasteiger charge is 2.31. The zero-order valence-corrected chi connectivity index (χ0v) is 20.5. The molecule has 2 aromatic carbocycles. The summed E-state index contributed by atoms with van der Waals surface area (Å²) in [6.07, 6.45) is 1.41. The molecule has 0 aliphatic rings. The van der Waals surface area contributed by atoms with Gasteiger partial charge in [0.25, 0.3) is 0 Å². The molecule has 0 fully saturated rings. The highest BCUT2D eigenvalue weighted by Crippen LogP contribution is 2.28. The van der Waals surface area contributed by atoms with Crippen LogP contribution in [0, 0.1) is 0 Å². The summed E-state index contributed by atoms with van der Waals surface area (Å²) in [6.45, 7) is 2.16. The molecule has 0 spiro atoms. The summed E-state index contributed by atoms with van der Waals surface area (Å²) >= 11 is 19.8. The fourth-order valence-electron chi connectivity index (χ4n) is 2.86. The first kappa shape index (κ1) is 25.1. The SMILES string of the molecule is CC[C@@H](C(=O)NCCSCc1c(Cl)cccc1Cl)N(c1ccc(Cl)cc1)S(C)(=O)=O. The molecular weight excluding hydrogens is 487 g/mol. The van der Waals surface area contributed by atoms with Gasteiger partial charge in [0.15, 0.2) is 0 Å². The number of benzene rings is 2. The first-order valence-corrected chi connectivity index (χ1v) is 13.3. The van der Waals surface area contributed by atoms with Gasteiger partial charge in [-0.25, -0.2) is 8.42 Å². The van der Waals surface area contributed by atoms with Crippen molar-refractivity contribution in [1.82, 2.24) is 5.32 Å². The summed E-state index contributed by atoms with van der Waals surface area (Å²) in [6, 6.07) is 10.9. The van der Waals surface area contributed by atoms with Crippen molar-refractivity contribution < 1.29 is 13.2 Å². The molecule has 5 nitrogen and oxygen atoms in total. The molecule has 10 heteroatoms. The molecule has 30 heavy (non-hydrogen) atoms. The number of carbonyl (C=O) groups excluding carboxylic acids is 1. The number of carbonyl (C=O) groups is 1. The van der Waals surface area contributed by atoms with Gasteiger partial charge in [0.05, 0.1) is 11.9 Å². The maximum absolute atomic E-state index is 12.7. The minimum atomic E-state index is -3.67. The first-order chi connectivity index (χ1) is 14.1. The number of nitrogens with one attached hydrogen (secondary N) is 1. The van der Waals surface area contributed by atoms with Crippen LogP contribution in [0.4, 0.5) is 5.69 Å². The van der Waals surface area contributed by atoms with Crippen LogP contribution in [0.3, 0.4) is 0 Å². The van der Waals surface area contributed by atoms with Gasteiger partial charge in [0, 0.05) is 33.1 Å². The largest absolute Gasteiger partial charge is 0.353 e. The van der Waals surface area contributed by atoms with Crippen LogP contribution in [0.25, 0.3) is 0 Å². The standard InChI is InChI=1S/C20H23Cl3N2O3S2/c1-3-19(25(30(2,27)28)15-9-7-14(21)8-10-15)20(26)24-11-12-29-13-16-17(22)5-4-6-18(16)23/h4-10,19H,3,11-13H2,1-2H3,(H,24,26)/t19-/m0/s1. The zero-order chi connectivity index (χ0) is 22.3. The maximum atomic E-state index is 12.7. The second kappa shape index (κ2) is 11.5. The van der Waals surface area contributed by atoms with E-state index in [4.69, 9.17) is 34.8 Å². The Hall–Kier alpha value is -1.12. The topological polar surface area (TPSA) is 66.5 Å². The summed E-state index contributed by atoms with van der Waals surface area (Å²) in [5, 5.41) is 4.53. The number of anilines is 1. The third-order valence-corrected chi connectivity index (χ3v) is 7.39. The van der Waals surface area contributed by atoms with Gasteiger partial charge in [-0.1, -0.05) is 47.8 Å². The molecule has 0 bridgehead atoms. The minimum Gasteiger partial charge on any atom is -0.353 e. The summed E-state index contributed by atoms with van der Waals surface area (Å²) in [5.74, 6) is 0.893. The van der Waals surface area contributed by atoms with Crippen molar-refractivity contribution in [2.75, 3.05) is 22.9 Å². The predicted octanol–water partition coefficient (Wildman–Crippen LogP) is 5.24. The van der Waals surface area contributed by atoms with Crippen LogP contribution in [0.15, 0.2) is 42.5 Å². The van der Waals surface area contributed by atoms with Gasteiger partial charge < -0.3 is 5.32 Å². The Kier molecular flexibility index (Phi) is 9.63. The van der Waals surface area contributed by atoms with Gasteiger partial charge in [-0.05, 0) is 48.4 Å². The molecule has 0 aliphatic heterocycles. The number of rotatable bonds is 10. The zero-order valence-electron chi connectivity index (χ0n) is 16.6. The first-order valence-electron chi connectivity index (χ1n) is 9.18. The van der Waals surface area contributed by atoms with Gasteiger partial charge in [-0.3, -0.25) is 9.10 Å². The Morgan fingerprint density at radius 1 is 1.10 bits per heavy atom. The molecule has 0 radical (unpaired) electrons. The predicted molar refractivity (Wildman–Crippen MR) is 128 cm³/mol. The van der Waals surface area contributed by atoms with Crippen molar-refractivity contribution in [3.8, 4) is 0 Å². The smallest absolute Gasteiger partial charge is 0.243 e. The number of halogens is 3. The van der Waals surface area contributed by atoms with E-state index in [-0.39, 0.29) is 5.91 Å². The van der Waals surface area contributed by atoms with Gasteiger partial charge in [-0.15, -0.1) is 0 Å². The maximum Gasteiger partial charge on any atom is 0.243 e. The number of nitrogens with zero attached hydrogens (tertiary/aromatic N) is 1. The Morgan fingerprint density at radius 2 is 1.70 bits per heavy atom. The fraction of sp³-hybridized carbons (Fsp3) is 0.350. The van der Waals surface area contributed by atoms with Crippen molar-refractivity contribution in [2.24, 2.45) is 0 Å². The molecule has 2 rings (SSSR count). The van der Waals surface area contributed by atoms with E-state index in [1.54, 1.807) is 61.2 Å². The second-order valence-corrected chi connectivity index (χ2v) is 10.7. The van der Waals surface area contributed by atoms with Crippen molar-refractivity contribution >= 4 is 68.2 Å². The van der Waals surface area contributed by atoms with E-state index in [9.17, 15) is 13.2 Å². The lowest BCUT2D eigenvalue weighted by Crippen LogP contribution is -2.49. The quantitative estimate of drug-likeness (QED) is 0.445. The highest BCUT2D eigenvalue weighted by atomic mass is 35.5. The lowest BCUT2D eigenvalue weighted by atomic mass is 10.2. The summed E-state index contributed by atoms with van der Waals surface area (Å²) < 4.78 is 25.9. The molecule has 164 valence electrons. The van der Waals surface area contributed by atoms with E-state index in [1.165, 1.54) is 0 Å². The van der Waals surface area contributed by atoms with Crippen LogP contribution < -0.4 is 9.62 Å². The summed E-state index contributed by atoms with van der Waals surface area (Å²) in [4.78, 5) is 12.7.